The van der Waals surface area contributed by atoms with Gasteiger partial charge in [-0.2, -0.15) is 0 Å². The molecule has 1 heterocycles. The Hall–Kier alpha value is -3.02. The van der Waals surface area contributed by atoms with Crippen LogP contribution in [0.1, 0.15) is 28.8 Å². The summed E-state index contributed by atoms with van der Waals surface area (Å²) in [6.07, 6.45) is 1.10. The number of carbonyl (C=O) groups excluding carboxylic acids is 2. The maximum atomic E-state index is 12.5. The molecule has 1 saturated heterocycles. The third kappa shape index (κ3) is 5.25. The van der Waals surface area contributed by atoms with Gasteiger partial charge >= 0.3 is 0 Å². The summed E-state index contributed by atoms with van der Waals surface area (Å²) in [7, 11) is 0. The van der Waals surface area contributed by atoms with E-state index in [0.717, 1.165) is 5.75 Å². The summed E-state index contributed by atoms with van der Waals surface area (Å²) < 4.78 is 5.66. The third-order valence-electron chi connectivity index (χ3n) is 4.84. The highest BCUT2D eigenvalue weighted by Gasteiger charge is 2.24. The highest BCUT2D eigenvalue weighted by Crippen LogP contribution is 2.15. The fraction of sp³-hybridized carbons (Fsp3) is 0.364. The summed E-state index contributed by atoms with van der Waals surface area (Å²) in [5.74, 6) is 0.871. The largest absolute Gasteiger partial charge is 0.508 e. The zero-order valence-corrected chi connectivity index (χ0v) is 16.1. The molecule has 0 atom stereocenters. The standard InChI is InChI=1S/C22H26N2O4/c1-17-7-9-20(10-8-17)28-15-3-6-21(26)23-11-13-24(14-12-23)22(27)18-4-2-5-19(25)16-18/h2,4-5,7-10,16,25H,3,6,11-15H2,1H3. The van der Waals surface area contributed by atoms with E-state index in [1.807, 2.05) is 31.2 Å². The maximum Gasteiger partial charge on any atom is 0.254 e. The fourth-order valence-electron chi connectivity index (χ4n) is 3.19. The number of ether oxygens (including phenoxy) is 1. The van der Waals surface area contributed by atoms with E-state index in [1.54, 1.807) is 21.9 Å². The van der Waals surface area contributed by atoms with E-state index in [4.69, 9.17) is 4.74 Å². The van der Waals surface area contributed by atoms with Gasteiger partial charge in [-0.1, -0.05) is 23.8 Å². The first-order chi connectivity index (χ1) is 13.5. The first kappa shape index (κ1) is 19.7. The molecule has 1 aliphatic rings. The summed E-state index contributed by atoms with van der Waals surface area (Å²) in [5.41, 5.74) is 1.65. The van der Waals surface area contributed by atoms with Crippen molar-refractivity contribution in [2.75, 3.05) is 32.8 Å². The minimum absolute atomic E-state index is 0.0764. The van der Waals surface area contributed by atoms with E-state index in [0.29, 0.717) is 51.2 Å². The second kappa shape index (κ2) is 9.26. The Labute approximate surface area is 165 Å². The van der Waals surface area contributed by atoms with Crippen LogP contribution in [0.4, 0.5) is 0 Å². The molecule has 6 nitrogen and oxygen atoms in total. The number of carbonyl (C=O) groups is 2. The van der Waals surface area contributed by atoms with E-state index in [9.17, 15) is 14.7 Å². The van der Waals surface area contributed by atoms with Gasteiger partial charge in [-0.15, -0.1) is 0 Å². The molecule has 0 radical (unpaired) electrons. The number of phenolic OH excluding ortho intramolecular Hbond substituents is 1. The summed E-state index contributed by atoms with van der Waals surface area (Å²) in [5, 5.41) is 9.53. The molecule has 0 spiro atoms. The Morgan fingerprint density at radius 2 is 1.68 bits per heavy atom. The van der Waals surface area contributed by atoms with Gasteiger partial charge in [0.05, 0.1) is 6.61 Å². The maximum absolute atomic E-state index is 12.5. The van der Waals surface area contributed by atoms with E-state index in [-0.39, 0.29) is 17.6 Å². The summed E-state index contributed by atoms with van der Waals surface area (Å²) in [6.45, 7) is 4.59. The van der Waals surface area contributed by atoms with E-state index < -0.39 is 0 Å². The van der Waals surface area contributed by atoms with Gasteiger partial charge in [0.15, 0.2) is 0 Å². The van der Waals surface area contributed by atoms with Crippen LogP contribution in [0, 0.1) is 6.92 Å². The number of piperazine rings is 1. The molecule has 148 valence electrons. The lowest BCUT2D eigenvalue weighted by Crippen LogP contribution is -2.50. The van der Waals surface area contributed by atoms with E-state index in [2.05, 4.69) is 0 Å². The van der Waals surface area contributed by atoms with Crippen molar-refractivity contribution in [1.82, 2.24) is 9.80 Å². The number of aryl methyl sites for hydroxylation is 1. The molecule has 0 aliphatic carbocycles. The number of hydrogen-bond acceptors (Lipinski definition) is 4. The Morgan fingerprint density at radius 3 is 2.36 bits per heavy atom. The molecule has 1 fully saturated rings. The number of rotatable bonds is 6. The van der Waals surface area contributed by atoms with Crippen molar-refractivity contribution in [3.63, 3.8) is 0 Å². The molecule has 2 aromatic rings. The molecule has 6 heteroatoms. The number of hydrogen-bond donors (Lipinski definition) is 1. The smallest absolute Gasteiger partial charge is 0.254 e. The Morgan fingerprint density at radius 1 is 1.00 bits per heavy atom. The average Bonchev–Trinajstić information content (AvgIpc) is 2.72. The Kier molecular flexibility index (Phi) is 6.53. The lowest BCUT2D eigenvalue weighted by atomic mass is 10.1. The molecule has 0 unspecified atom stereocenters. The monoisotopic (exact) mass is 382 g/mol. The van der Waals surface area contributed by atoms with Crippen molar-refractivity contribution in [3.05, 3.63) is 59.7 Å². The minimum Gasteiger partial charge on any atom is -0.508 e. The van der Waals surface area contributed by atoms with Crippen LogP contribution in [-0.4, -0.2) is 59.5 Å². The van der Waals surface area contributed by atoms with Crippen molar-refractivity contribution < 1.29 is 19.4 Å². The van der Waals surface area contributed by atoms with Crippen molar-refractivity contribution in [3.8, 4) is 11.5 Å². The third-order valence-corrected chi connectivity index (χ3v) is 4.84. The first-order valence-electron chi connectivity index (χ1n) is 9.58. The molecule has 0 bridgehead atoms. The fourth-order valence-corrected chi connectivity index (χ4v) is 3.19. The van der Waals surface area contributed by atoms with Crippen LogP contribution in [0.5, 0.6) is 11.5 Å². The number of aromatic hydroxyl groups is 1. The highest BCUT2D eigenvalue weighted by molar-refractivity contribution is 5.94. The van der Waals surface area contributed by atoms with Crippen molar-refractivity contribution in [1.29, 1.82) is 0 Å². The van der Waals surface area contributed by atoms with Crippen LogP contribution < -0.4 is 4.74 Å². The molecular formula is C22H26N2O4. The summed E-state index contributed by atoms with van der Waals surface area (Å²) in [4.78, 5) is 28.4. The van der Waals surface area contributed by atoms with Gasteiger partial charge in [0.1, 0.15) is 11.5 Å². The van der Waals surface area contributed by atoms with Crippen LogP contribution >= 0.6 is 0 Å². The van der Waals surface area contributed by atoms with Gasteiger partial charge in [0.25, 0.3) is 5.91 Å². The lowest BCUT2D eigenvalue weighted by Gasteiger charge is -2.35. The number of benzene rings is 2. The quantitative estimate of drug-likeness (QED) is 0.780. The molecule has 2 aromatic carbocycles. The van der Waals surface area contributed by atoms with Gasteiger partial charge in [-0.05, 0) is 43.7 Å². The zero-order chi connectivity index (χ0) is 19.9. The summed E-state index contributed by atoms with van der Waals surface area (Å²) >= 11 is 0. The van der Waals surface area contributed by atoms with Gasteiger partial charge in [-0.3, -0.25) is 9.59 Å². The highest BCUT2D eigenvalue weighted by atomic mass is 16.5. The topological polar surface area (TPSA) is 70.1 Å². The van der Waals surface area contributed by atoms with Crippen molar-refractivity contribution in [2.24, 2.45) is 0 Å². The van der Waals surface area contributed by atoms with E-state index >= 15 is 0 Å². The van der Waals surface area contributed by atoms with Gasteiger partial charge < -0.3 is 19.6 Å². The normalized spacial score (nSPS) is 14.0. The van der Waals surface area contributed by atoms with Crippen molar-refractivity contribution in [2.45, 2.75) is 19.8 Å². The Balaban J connectivity index is 1.38. The van der Waals surface area contributed by atoms with E-state index in [1.165, 1.54) is 17.7 Å². The van der Waals surface area contributed by atoms with Crippen LogP contribution in [0.25, 0.3) is 0 Å². The molecular weight excluding hydrogens is 356 g/mol. The molecule has 1 N–H and O–H groups in total. The van der Waals surface area contributed by atoms with Crippen LogP contribution in [-0.2, 0) is 4.79 Å². The number of phenols is 1. The summed E-state index contributed by atoms with van der Waals surface area (Å²) in [6, 6.07) is 14.2. The first-order valence-corrected chi connectivity index (χ1v) is 9.58. The average molecular weight is 382 g/mol. The van der Waals surface area contributed by atoms with Crippen LogP contribution in [0.2, 0.25) is 0 Å². The minimum atomic E-state index is -0.116. The molecule has 3 rings (SSSR count). The van der Waals surface area contributed by atoms with Crippen LogP contribution in [0.3, 0.4) is 0 Å². The van der Waals surface area contributed by atoms with Crippen molar-refractivity contribution >= 4 is 11.8 Å². The lowest BCUT2D eigenvalue weighted by molar-refractivity contribution is -0.132. The Bertz CT molecular complexity index is 812. The molecule has 0 saturated carbocycles. The second-order valence-corrected chi connectivity index (χ2v) is 6.99. The zero-order valence-electron chi connectivity index (χ0n) is 16.1. The van der Waals surface area contributed by atoms with Gasteiger partial charge in [0, 0.05) is 38.2 Å². The SMILES string of the molecule is Cc1ccc(OCCCC(=O)N2CCN(C(=O)c3cccc(O)c3)CC2)cc1. The number of nitrogens with zero attached hydrogens (tertiary/aromatic N) is 2. The molecule has 28 heavy (non-hydrogen) atoms. The van der Waals surface area contributed by atoms with Gasteiger partial charge in [-0.25, -0.2) is 0 Å². The predicted molar refractivity (Wildman–Crippen MR) is 106 cm³/mol. The van der Waals surface area contributed by atoms with Crippen LogP contribution in [0.15, 0.2) is 48.5 Å². The van der Waals surface area contributed by atoms with Gasteiger partial charge in [0.2, 0.25) is 5.91 Å². The molecule has 2 amide bonds. The number of amides is 2. The predicted octanol–water partition coefficient (Wildman–Crippen LogP) is 2.84. The molecule has 0 aromatic heterocycles. The molecule has 1 aliphatic heterocycles. The second-order valence-electron chi connectivity index (χ2n) is 6.99.